The highest BCUT2D eigenvalue weighted by molar-refractivity contribution is 7.91. The zero-order chi connectivity index (χ0) is 10.2. The van der Waals surface area contributed by atoms with Crippen molar-refractivity contribution in [2.75, 3.05) is 24.7 Å². The summed E-state index contributed by atoms with van der Waals surface area (Å²) in [5.74, 6) is 0.654. The molecule has 2 fully saturated rings. The number of hydrogen-bond acceptors (Lipinski definition) is 4. The molecule has 0 bridgehead atoms. The monoisotopic (exact) mass is 219 g/mol. The van der Waals surface area contributed by atoms with Gasteiger partial charge in [0.05, 0.1) is 18.1 Å². The molecule has 0 amide bonds. The fourth-order valence-electron chi connectivity index (χ4n) is 2.67. The van der Waals surface area contributed by atoms with E-state index >= 15 is 0 Å². The maximum absolute atomic E-state index is 11.3. The van der Waals surface area contributed by atoms with E-state index in [1.165, 1.54) is 0 Å². The first-order chi connectivity index (χ1) is 6.58. The molecule has 14 heavy (non-hydrogen) atoms. The smallest absolute Gasteiger partial charge is 0.150 e. The van der Waals surface area contributed by atoms with Crippen LogP contribution < -0.4 is 5.32 Å². The number of sulfone groups is 1. The lowest BCUT2D eigenvalue weighted by Crippen LogP contribution is -2.50. The van der Waals surface area contributed by atoms with E-state index < -0.39 is 9.84 Å². The van der Waals surface area contributed by atoms with E-state index in [0.29, 0.717) is 12.2 Å². The second kappa shape index (κ2) is 3.47. The van der Waals surface area contributed by atoms with E-state index in [9.17, 15) is 13.5 Å². The highest BCUT2D eigenvalue weighted by Crippen LogP contribution is 2.34. The largest absolute Gasteiger partial charge is 0.394 e. The van der Waals surface area contributed by atoms with Gasteiger partial charge in [-0.3, -0.25) is 0 Å². The number of nitrogens with one attached hydrogen (secondary N) is 1. The van der Waals surface area contributed by atoms with Crippen LogP contribution in [0.15, 0.2) is 0 Å². The Morgan fingerprint density at radius 3 is 2.71 bits per heavy atom. The molecule has 0 radical (unpaired) electrons. The lowest BCUT2D eigenvalue weighted by Gasteiger charge is -2.33. The molecule has 2 N–H and O–H groups in total. The van der Waals surface area contributed by atoms with Crippen LogP contribution >= 0.6 is 0 Å². The van der Waals surface area contributed by atoms with Crippen LogP contribution in [-0.2, 0) is 9.84 Å². The van der Waals surface area contributed by atoms with Crippen molar-refractivity contribution in [1.29, 1.82) is 0 Å². The Kier molecular flexibility index (Phi) is 2.57. The van der Waals surface area contributed by atoms with Gasteiger partial charge in [0.25, 0.3) is 0 Å². The summed E-state index contributed by atoms with van der Waals surface area (Å²) < 4.78 is 22.7. The molecule has 2 aliphatic rings. The molecule has 0 aromatic carbocycles. The fraction of sp³-hybridized carbons (Fsp3) is 1.00. The van der Waals surface area contributed by atoms with Crippen LogP contribution in [0.2, 0.25) is 0 Å². The van der Waals surface area contributed by atoms with Crippen LogP contribution in [0.1, 0.15) is 19.3 Å². The normalized spacial score (nSPS) is 41.6. The Labute approximate surface area is 84.6 Å². The SMILES string of the molecule is O=S1(=O)CCC(C2(CO)CCCN2)C1. The van der Waals surface area contributed by atoms with Crippen molar-refractivity contribution < 1.29 is 13.5 Å². The molecule has 2 heterocycles. The summed E-state index contributed by atoms with van der Waals surface area (Å²) in [6.45, 7) is 0.963. The van der Waals surface area contributed by atoms with E-state index in [1.807, 2.05) is 0 Å². The van der Waals surface area contributed by atoms with Gasteiger partial charge < -0.3 is 10.4 Å². The van der Waals surface area contributed by atoms with Crippen LogP contribution in [0, 0.1) is 5.92 Å². The standard InChI is InChI=1S/C9H17NO3S/c11-7-9(3-1-4-10-9)8-2-5-14(12,13)6-8/h8,10-11H,1-7H2. The number of aliphatic hydroxyl groups is 1. The molecule has 0 aromatic rings. The van der Waals surface area contributed by atoms with Crippen molar-refractivity contribution in [1.82, 2.24) is 5.32 Å². The van der Waals surface area contributed by atoms with Crippen molar-refractivity contribution in [3.63, 3.8) is 0 Å². The van der Waals surface area contributed by atoms with Gasteiger partial charge in [-0.2, -0.15) is 0 Å². The summed E-state index contributed by atoms with van der Waals surface area (Å²) in [5.41, 5.74) is -0.302. The van der Waals surface area contributed by atoms with Gasteiger partial charge in [-0.05, 0) is 31.7 Å². The van der Waals surface area contributed by atoms with E-state index in [4.69, 9.17) is 0 Å². The molecule has 4 nitrogen and oxygen atoms in total. The molecule has 5 heteroatoms. The Bertz CT molecular complexity index is 306. The average molecular weight is 219 g/mol. The molecule has 0 aromatic heterocycles. The molecular formula is C9H17NO3S. The Morgan fingerprint density at radius 1 is 1.50 bits per heavy atom. The molecule has 0 aliphatic carbocycles. The van der Waals surface area contributed by atoms with Gasteiger partial charge in [0.2, 0.25) is 0 Å². The lowest BCUT2D eigenvalue weighted by atomic mass is 9.83. The maximum atomic E-state index is 11.3. The van der Waals surface area contributed by atoms with E-state index in [-0.39, 0.29) is 23.8 Å². The molecule has 2 rings (SSSR count). The second-order valence-corrected chi connectivity index (χ2v) is 6.67. The summed E-state index contributed by atoms with van der Waals surface area (Å²) in [5, 5.41) is 12.7. The molecule has 82 valence electrons. The van der Waals surface area contributed by atoms with Crippen molar-refractivity contribution in [3.05, 3.63) is 0 Å². The van der Waals surface area contributed by atoms with Crippen LogP contribution in [0.4, 0.5) is 0 Å². The van der Waals surface area contributed by atoms with Gasteiger partial charge in [-0.25, -0.2) is 8.42 Å². The van der Waals surface area contributed by atoms with Crippen LogP contribution in [-0.4, -0.2) is 43.7 Å². The zero-order valence-electron chi connectivity index (χ0n) is 8.20. The van der Waals surface area contributed by atoms with Gasteiger partial charge in [0, 0.05) is 5.54 Å². The molecular weight excluding hydrogens is 202 g/mol. The highest BCUT2D eigenvalue weighted by atomic mass is 32.2. The van der Waals surface area contributed by atoms with Gasteiger partial charge in [-0.15, -0.1) is 0 Å². The number of aliphatic hydroxyl groups excluding tert-OH is 1. The van der Waals surface area contributed by atoms with Crippen molar-refractivity contribution in [2.24, 2.45) is 5.92 Å². The van der Waals surface area contributed by atoms with Crippen LogP contribution in [0.5, 0.6) is 0 Å². The molecule has 2 aliphatic heterocycles. The lowest BCUT2D eigenvalue weighted by molar-refractivity contribution is 0.131. The number of rotatable bonds is 2. The topological polar surface area (TPSA) is 66.4 Å². The van der Waals surface area contributed by atoms with Gasteiger partial charge >= 0.3 is 0 Å². The molecule has 0 saturated carbocycles. The van der Waals surface area contributed by atoms with Crippen LogP contribution in [0.25, 0.3) is 0 Å². The summed E-state index contributed by atoms with van der Waals surface area (Å²) in [4.78, 5) is 0. The van der Waals surface area contributed by atoms with Crippen molar-refractivity contribution >= 4 is 9.84 Å². The molecule has 0 spiro atoms. The quantitative estimate of drug-likeness (QED) is 0.659. The fourth-order valence-corrected chi connectivity index (χ4v) is 4.58. The van der Waals surface area contributed by atoms with Crippen molar-refractivity contribution in [2.45, 2.75) is 24.8 Å². The van der Waals surface area contributed by atoms with Crippen LogP contribution in [0.3, 0.4) is 0 Å². The predicted octanol–water partition coefficient (Wildman–Crippen LogP) is -0.464. The Balaban J connectivity index is 2.14. The minimum Gasteiger partial charge on any atom is -0.394 e. The van der Waals surface area contributed by atoms with E-state index in [2.05, 4.69) is 5.32 Å². The van der Waals surface area contributed by atoms with Crippen molar-refractivity contribution in [3.8, 4) is 0 Å². The molecule has 2 unspecified atom stereocenters. The summed E-state index contributed by atoms with van der Waals surface area (Å²) in [7, 11) is -2.83. The minimum atomic E-state index is -2.83. The van der Waals surface area contributed by atoms with Gasteiger partial charge in [0.15, 0.2) is 9.84 Å². The Morgan fingerprint density at radius 2 is 2.29 bits per heavy atom. The predicted molar refractivity (Wildman–Crippen MR) is 53.8 cm³/mol. The molecule has 2 saturated heterocycles. The van der Waals surface area contributed by atoms with Gasteiger partial charge in [-0.1, -0.05) is 0 Å². The van der Waals surface area contributed by atoms with E-state index in [0.717, 1.165) is 19.4 Å². The first-order valence-electron chi connectivity index (χ1n) is 5.14. The third kappa shape index (κ3) is 1.68. The first kappa shape index (κ1) is 10.4. The first-order valence-corrected chi connectivity index (χ1v) is 6.96. The van der Waals surface area contributed by atoms with Gasteiger partial charge in [0.1, 0.15) is 0 Å². The summed E-state index contributed by atoms with van der Waals surface area (Å²) in [6.07, 6.45) is 2.65. The highest BCUT2D eigenvalue weighted by Gasteiger charge is 2.45. The average Bonchev–Trinajstić information content (AvgIpc) is 2.72. The third-order valence-corrected chi connectivity index (χ3v) is 5.34. The van der Waals surface area contributed by atoms with E-state index in [1.54, 1.807) is 0 Å². The Hall–Kier alpha value is -0.130. The minimum absolute atomic E-state index is 0.0627. The third-order valence-electron chi connectivity index (χ3n) is 3.57. The zero-order valence-corrected chi connectivity index (χ0v) is 9.02. The number of hydrogen-bond donors (Lipinski definition) is 2. The molecule has 2 atom stereocenters. The maximum Gasteiger partial charge on any atom is 0.150 e. The summed E-state index contributed by atoms with van der Waals surface area (Å²) in [6, 6.07) is 0. The summed E-state index contributed by atoms with van der Waals surface area (Å²) >= 11 is 0. The second-order valence-electron chi connectivity index (χ2n) is 4.44.